The Morgan fingerprint density at radius 2 is 0.756 bits per heavy atom. The van der Waals surface area contributed by atoms with Gasteiger partial charge in [0, 0.05) is 10.9 Å². The quantitative estimate of drug-likeness (QED) is 0.245. The van der Waals surface area contributed by atoms with Gasteiger partial charge in [-0.2, -0.15) is 0 Å². The number of fused-ring (bicyclic) bond motifs is 4. The van der Waals surface area contributed by atoms with Gasteiger partial charge >= 0.3 is 0 Å². The van der Waals surface area contributed by atoms with E-state index >= 15 is 0 Å². The van der Waals surface area contributed by atoms with Crippen LogP contribution < -0.4 is 0 Å². The molecule has 1 nitrogen and oxygen atoms in total. The highest BCUT2D eigenvalue weighted by molar-refractivity contribution is 6.16. The van der Waals surface area contributed by atoms with Crippen LogP contribution in [0.5, 0.6) is 5.75 Å². The molecule has 41 heavy (non-hydrogen) atoms. The summed E-state index contributed by atoms with van der Waals surface area (Å²) in [5, 5.41) is 20.7. The average molecular weight is 523 g/mol. The van der Waals surface area contributed by atoms with E-state index in [0.29, 0.717) is 5.75 Å². The average Bonchev–Trinajstić information content (AvgIpc) is 3.04. The lowest BCUT2D eigenvalue weighted by molar-refractivity contribution is 0.483. The molecule has 0 aromatic heterocycles. The molecule has 0 aliphatic carbocycles. The van der Waals surface area contributed by atoms with Gasteiger partial charge in [-0.1, -0.05) is 140 Å². The van der Waals surface area contributed by atoms with Crippen molar-refractivity contribution in [3.8, 4) is 39.1 Å². The minimum absolute atomic E-state index is 0.312. The molecule has 0 spiro atoms. The molecule has 0 radical (unpaired) electrons. The lowest BCUT2D eigenvalue weighted by atomic mass is 9.82. The molecular formula is C40H26O. The van der Waals surface area contributed by atoms with E-state index in [2.05, 4.69) is 127 Å². The highest BCUT2D eigenvalue weighted by Gasteiger charge is 2.21. The van der Waals surface area contributed by atoms with Crippen molar-refractivity contribution >= 4 is 43.1 Å². The van der Waals surface area contributed by atoms with Gasteiger partial charge in [0.15, 0.2) is 0 Å². The summed E-state index contributed by atoms with van der Waals surface area (Å²) >= 11 is 0. The van der Waals surface area contributed by atoms with Crippen molar-refractivity contribution in [3.05, 3.63) is 152 Å². The number of benzene rings is 8. The van der Waals surface area contributed by atoms with E-state index in [1.807, 2.05) is 24.3 Å². The molecular weight excluding hydrogens is 496 g/mol. The minimum atomic E-state index is 0.312. The second-order valence-electron chi connectivity index (χ2n) is 10.7. The molecule has 8 aromatic rings. The molecule has 8 rings (SSSR count). The van der Waals surface area contributed by atoms with E-state index in [9.17, 15) is 5.11 Å². The van der Waals surface area contributed by atoms with Crippen molar-refractivity contribution in [1.29, 1.82) is 0 Å². The second kappa shape index (κ2) is 9.36. The predicted molar refractivity (Wildman–Crippen MR) is 174 cm³/mol. The van der Waals surface area contributed by atoms with Crippen LogP contribution in [0, 0.1) is 0 Å². The van der Waals surface area contributed by atoms with Gasteiger partial charge in [-0.3, -0.25) is 0 Å². The van der Waals surface area contributed by atoms with Gasteiger partial charge in [0.25, 0.3) is 0 Å². The summed E-state index contributed by atoms with van der Waals surface area (Å²) in [7, 11) is 0. The van der Waals surface area contributed by atoms with Crippen molar-refractivity contribution in [3.63, 3.8) is 0 Å². The summed E-state index contributed by atoms with van der Waals surface area (Å²) in [6, 6.07) is 53.5. The van der Waals surface area contributed by atoms with E-state index in [0.717, 1.165) is 32.8 Å². The zero-order chi connectivity index (χ0) is 27.3. The SMILES string of the molecule is Oc1c(-c2ccc3ccccc3c2-c2c(-c3ccc4ccccc4c3)ccc3ccccc23)ccc2ccccc12. The summed E-state index contributed by atoms with van der Waals surface area (Å²) in [4.78, 5) is 0. The fraction of sp³-hybridized carbons (Fsp3) is 0. The molecule has 0 heterocycles. The monoisotopic (exact) mass is 522 g/mol. The molecule has 192 valence electrons. The van der Waals surface area contributed by atoms with Crippen LogP contribution >= 0.6 is 0 Å². The third-order valence-electron chi connectivity index (χ3n) is 8.36. The Morgan fingerprint density at radius 1 is 0.317 bits per heavy atom. The standard InChI is InChI=1S/C40H26O/c41-40-35-16-8-5-12-29(35)21-24-37(40)36-23-20-28-11-4-7-15-33(28)39(36)38-32-14-6-3-10-27(32)19-22-34(38)31-18-17-26-9-1-2-13-30(26)25-31/h1-25,41H. The zero-order valence-electron chi connectivity index (χ0n) is 22.4. The van der Waals surface area contributed by atoms with Crippen LogP contribution in [0.25, 0.3) is 76.5 Å². The highest BCUT2D eigenvalue weighted by atomic mass is 16.3. The highest BCUT2D eigenvalue weighted by Crippen LogP contribution is 2.48. The number of aromatic hydroxyl groups is 1. The third-order valence-corrected chi connectivity index (χ3v) is 8.36. The predicted octanol–water partition coefficient (Wildman–Crippen LogP) is 11.0. The zero-order valence-corrected chi connectivity index (χ0v) is 22.4. The van der Waals surface area contributed by atoms with Gasteiger partial charge in [0.1, 0.15) is 5.75 Å². The second-order valence-corrected chi connectivity index (χ2v) is 10.7. The largest absolute Gasteiger partial charge is 0.507 e. The maximum Gasteiger partial charge on any atom is 0.131 e. The molecule has 8 aromatic carbocycles. The van der Waals surface area contributed by atoms with E-state index in [1.165, 1.54) is 43.6 Å². The van der Waals surface area contributed by atoms with Gasteiger partial charge in [-0.15, -0.1) is 0 Å². The van der Waals surface area contributed by atoms with E-state index < -0.39 is 0 Å². The summed E-state index contributed by atoms with van der Waals surface area (Å²) in [5.74, 6) is 0.312. The fourth-order valence-electron chi connectivity index (χ4n) is 6.38. The van der Waals surface area contributed by atoms with E-state index in [1.54, 1.807) is 0 Å². The lowest BCUT2D eigenvalue weighted by Crippen LogP contribution is -1.94. The number of rotatable bonds is 3. The molecule has 1 N–H and O–H groups in total. The molecule has 1 heteroatoms. The van der Waals surface area contributed by atoms with Crippen LogP contribution in [0.4, 0.5) is 0 Å². The molecule has 0 bridgehead atoms. The Morgan fingerprint density at radius 3 is 1.41 bits per heavy atom. The molecule has 0 aliphatic rings. The first-order valence-electron chi connectivity index (χ1n) is 14.0. The third kappa shape index (κ3) is 3.78. The Kier molecular flexibility index (Phi) is 5.36. The molecule has 0 fully saturated rings. The van der Waals surface area contributed by atoms with Crippen molar-refractivity contribution in [2.75, 3.05) is 0 Å². The summed E-state index contributed by atoms with van der Waals surface area (Å²) in [5.41, 5.74) is 6.51. The molecule has 0 atom stereocenters. The molecule has 0 amide bonds. The van der Waals surface area contributed by atoms with Crippen LogP contribution in [0.1, 0.15) is 0 Å². The van der Waals surface area contributed by atoms with Crippen LogP contribution in [0.15, 0.2) is 152 Å². The van der Waals surface area contributed by atoms with E-state index in [4.69, 9.17) is 0 Å². The Labute approximate surface area is 238 Å². The maximum atomic E-state index is 11.7. The van der Waals surface area contributed by atoms with Crippen LogP contribution in [0.2, 0.25) is 0 Å². The summed E-state index contributed by atoms with van der Waals surface area (Å²) in [6.45, 7) is 0. The summed E-state index contributed by atoms with van der Waals surface area (Å²) < 4.78 is 0. The summed E-state index contributed by atoms with van der Waals surface area (Å²) in [6.07, 6.45) is 0. The van der Waals surface area contributed by atoms with Crippen molar-refractivity contribution in [2.45, 2.75) is 0 Å². The van der Waals surface area contributed by atoms with Crippen LogP contribution in [-0.4, -0.2) is 5.11 Å². The van der Waals surface area contributed by atoms with Gasteiger partial charge in [0.05, 0.1) is 0 Å². The van der Waals surface area contributed by atoms with Gasteiger partial charge in [-0.25, -0.2) is 0 Å². The Hall–Kier alpha value is -5.40. The number of hydrogen-bond donors (Lipinski definition) is 1. The van der Waals surface area contributed by atoms with Gasteiger partial charge < -0.3 is 5.11 Å². The topological polar surface area (TPSA) is 20.2 Å². The molecule has 0 saturated carbocycles. The van der Waals surface area contributed by atoms with Crippen molar-refractivity contribution in [2.24, 2.45) is 0 Å². The lowest BCUT2D eigenvalue weighted by Gasteiger charge is -2.21. The normalized spacial score (nSPS) is 11.5. The molecule has 0 saturated heterocycles. The van der Waals surface area contributed by atoms with E-state index in [-0.39, 0.29) is 0 Å². The first kappa shape index (κ1) is 23.5. The fourth-order valence-corrected chi connectivity index (χ4v) is 6.38. The number of hydrogen-bond acceptors (Lipinski definition) is 1. The smallest absolute Gasteiger partial charge is 0.131 e. The van der Waals surface area contributed by atoms with Crippen molar-refractivity contribution in [1.82, 2.24) is 0 Å². The number of phenolic OH excluding ortho intramolecular Hbond substituents is 1. The van der Waals surface area contributed by atoms with Crippen LogP contribution in [0.3, 0.4) is 0 Å². The maximum absolute atomic E-state index is 11.7. The van der Waals surface area contributed by atoms with Gasteiger partial charge in [-0.05, 0) is 77.7 Å². The number of phenols is 1. The first-order valence-corrected chi connectivity index (χ1v) is 14.0. The first-order chi connectivity index (χ1) is 20.3. The van der Waals surface area contributed by atoms with Crippen LogP contribution in [-0.2, 0) is 0 Å². The van der Waals surface area contributed by atoms with Crippen molar-refractivity contribution < 1.29 is 5.11 Å². The molecule has 0 aliphatic heterocycles. The Bertz CT molecular complexity index is 2270. The molecule has 0 unspecified atom stereocenters. The Balaban J connectivity index is 1.53. The van der Waals surface area contributed by atoms with Gasteiger partial charge in [0.2, 0.25) is 0 Å². The minimum Gasteiger partial charge on any atom is -0.507 e.